The number of benzene rings is 1. The first-order chi connectivity index (χ1) is 7.79. The minimum absolute atomic E-state index is 0.110. The van der Waals surface area contributed by atoms with Gasteiger partial charge in [0.1, 0.15) is 0 Å². The summed E-state index contributed by atoms with van der Waals surface area (Å²) in [5.74, 6) is 0. The van der Waals surface area contributed by atoms with Gasteiger partial charge in [0.05, 0.1) is 12.7 Å². The van der Waals surface area contributed by atoms with Crippen molar-refractivity contribution in [2.24, 2.45) is 0 Å². The molecule has 0 aliphatic rings. The Morgan fingerprint density at radius 2 is 2.06 bits per heavy atom. The summed E-state index contributed by atoms with van der Waals surface area (Å²) in [6.07, 6.45) is 3.25. The standard InChI is InChI=1S/C13H12N2O/c1-2-11-8-13(16)15(14-9-11)10-12-6-4-3-5-7-12/h2-9H,1,10H2. The Hall–Kier alpha value is -2.16. The molecule has 2 aromatic rings. The molecule has 3 heteroatoms. The van der Waals surface area contributed by atoms with Crippen LogP contribution < -0.4 is 5.56 Å². The molecule has 3 nitrogen and oxygen atoms in total. The average molecular weight is 212 g/mol. The molecule has 2 rings (SSSR count). The molecule has 0 N–H and O–H groups in total. The highest BCUT2D eigenvalue weighted by atomic mass is 16.1. The molecule has 0 radical (unpaired) electrons. The van der Waals surface area contributed by atoms with Gasteiger partial charge in [-0.05, 0) is 11.1 Å². The Morgan fingerprint density at radius 3 is 2.69 bits per heavy atom. The molecular formula is C13H12N2O. The molecule has 0 unspecified atom stereocenters. The van der Waals surface area contributed by atoms with Crippen LogP contribution >= 0.6 is 0 Å². The summed E-state index contributed by atoms with van der Waals surface area (Å²) in [7, 11) is 0. The van der Waals surface area contributed by atoms with Crippen LogP contribution in [-0.2, 0) is 6.54 Å². The summed E-state index contributed by atoms with van der Waals surface area (Å²) in [5.41, 5.74) is 1.69. The fourth-order valence-electron chi connectivity index (χ4n) is 1.43. The van der Waals surface area contributed by atoms with Crippen LogP contribution in [0, 0.1) is 0 Å². The van der Waals surface area contributed by atoms with Crippen molar-refractivity contribution in [3.8, 4) is 0 Å². The van der Waals surface area contributed by atoms with Crippen LogP contribution in [0.4, 0.5) is 0 Å². The van der Waals surface area contributed by atoms with Gasteiger partial charge in [0.2, 0.25) is 0 Å². The second-order valence-corrected chi connectivity index (χ2v) is 3.47. The van der Waals surface area contributed by atoms with E-state index in [4.69, 9.17) is 0 Å². The molecule has 0 amide bonds. The van der Waals surface area contributed by atoms with Gasteiger partial charge < -0.3 is 0 Å². The highest BCUT2D eigenvalue weighted by Crippen LogP contribution is 2.00. The Bertz CT molecular complexity index is 543. The van der Waals surface area contributed by atoms with Crippen LogP contribution in [0.3, 0.4) is 0 Å². The fraction of sp³-hybridized carbons (Fsp3) is 0.0769. The molecule has 80 valence electrons. The number of hydrogen-bond acceptors (Lipinski definition) is 2. The molecule has 0 spiro atoms. The van der Waals surface area contributed by atoms with E-state index < -0.39 is 0 Å². The SMILES string of the molecule is C=Cc1cnn(Cc2ccccc2)c(=O)c1. The van der Waals surface area contributed by atoms with Gasteiger partial charge in [0.15, 0.2) is 0 Å². The summed E-state index contributed by atoms with van der Waals surface area (Å²) in [6.45, 7) is 4.09. The molecule has 0 saturated heterocycles. The zero-order valence-corrected chi connectivity index (χ0v) is 8.84. The van der Waals surface area contributed by atoms with Crippen molar-refractivity contribution in [2.45, 2.75) is 6.54 Å². The van der Waals surface area contributed by atoms with Crippen molar-refractivity contribution in [1.29, 1.82) is 0 Å². The predicted octanol–water partition coefficient (Wildman–Crippen LogP) is 1.93. The fourth-order valence-corrected chi connectivity index (χ4v) is 1.43. The van der Waals surface area contributed by atoms with E-state index in [9.17, 15) is 4.79 Å². The molecule has 16 heavy (non-hydrogen) atoms. The van der Waals surface area contributed by atoms with E-state index in [1.165, 1.54) is 10.7 Å². The third-order valence-electron chi connectivity index (χ3n) is 2.30. The Labute approximate surface area is 93.7 Å². The topological polar surface area (TPSA) is 34.9 Å². The van der Waals surface area contributed by atoms with Gasteiger partial charge in [0, 0.05) is 6.07 Å². The number of nitrogens with zero attached hydrogens (tertiary/aromatic N) is 2. The lowest BCUT2D eigenvalue weighted by Gasteiger charge is -2.04. The Morgan fingerprint density at radius 1 is 1.31 bits per heavy atom. The van der Waals surface area contributed by atoms with E-state index in [2.05, 4.69) is 11.7 Å². The quantitative estimate of drug-likeness (QED) is 0.779. The van der Waals surface area contributed by atoms with Crippen LogP contribution in [0.5, 0.6) is 0 Å². The second kappa shape index (κ2) is 4.57. The highest BCUT2D eigenvalue weighted by Gasteiger charge is 1.99. The van der Waals surface area contributed by atoms with E-state index >= 15 is 0 Å². The lowest BCUT2D eigenvalue weighted by Crippen LogP contribution is -2.22. The second-order valence-electron chi connectivity index (χ2n) is 3.47. The van der Waals surface area contributed by atoms with Gasteiger partial charge in [-0.1, -0.05) is 43.0 Å². The molecule has 1 aromatic heterocycles. The molecule has 0 aliphatic carbocycles. The lowest BCUT2D eigenvalue weighted by atomic mass is 10.2. The minimum Gasteiger partial charge on any atom is -0.268 e. The van der Waals surface area contributed by atoms with Crippen molar-refractivity contribution in [1.82, 2.24) is 9.78 Å². The first-order valence-corrected chi connectivity index (χ1v) is 5.03. The molecule has 1 aromatic carbocycles. The van der Waals surface area contributed by atoms with Gasteiger partial charge in [-0.25, -0.2) is 4.68 Å². The molecule has 0 aliphatic heterocycles. The summed E-state index contributed by atoms with van der Waals surface area (Å²) in [6, 6.07) is 11.3. The van der Waals surface area contributed by atoms with Gasteiger partial charge in [-0.3, -0.25) is 4.79 Å². The van der Waals surface area contributed by atoms with Gasteiger partial charge in [-0.15, -0.1) is 0 Å². The summed E-state index contributed by atoms with van der Waals surface area (Å²) in [5, 5.41) is 4.08. The largest absolute Gasteiger partial charge is 0.268 e. The van der Waals surface area contributed by atoms with Crippen molar-refractivity contribution >= 4 is 6.08 Å². The maximum absolute atomic E-state index is 11.7. The van der Waals surface area contributed by atoms with E-state index in [-0.39, 0.29) is 5.56 Å². The number of rotatable bonds is 3. The molecule has 0 saturated carbocycles. The van der Waals surface area contributed by atoms with Crippen molar-refractivity contribution in [3.05, 3.63) is 70.7 Å². The Kier molecular flexibility index (Phi) is 2.96. The zero-order valence-electron chi connectivity index (χ0n) is 8.84. The smallest absolute Gasteiger partial charge is 0.267 e. The third-order valence-corrected chi connectivity index (χ3v) is 2.30. The molecule has 0 atom stereocenters. The van der Waals surface area contributed by atoms with Crippen LogP contribution in [0.25, 0.3) is 6.08 Å². The van der Waals surface area contributed by atoms with E-state index in [0.29, 0.717) is 6.54 Å². The van der Waals surface area contributed by atoms with Crippen LogP contribution in [0.15, 0.2) is 54.0 Å². The first kappa shape index (κ1) is 10.4. The van der Waals surface area contributed by atoms with Crippen molar-refractivity contribution in [2.75, 3.05) is 0 Å². The van der Waals surface area contributed by atoms with E-state index in [1.54, 1.807) is 12.3 Å². The zero-order chi connectivity index (χ0) is 11.4. The number of aromatic nitrogens is 2. The normalized spacial score (nSPS) is 10.0. The number of hydrogen-bond donors (Lipinski definition) is 0. The van der Waals surface area contributed by atoms with Crippen LogP contribution in [-0.4, -0.2) is 9.78 Å². The average Bonchev–Trinajstić information content (AvgIpc) is 2.33. The van der Waals surface area contributed by atoms with Gasteiger partial charge in [-0.2, -0.15) is 5.10 Å². The molecule has 0 fully saturated rings. The van der Waals surface area contributed by atoms with E-state index in [0.717, 1.165) is 11.1 Å². The first-order valence-electron chi connectivity index (χ1n) is 5.03. The summed E-state index contributed by atoms with van der Waals surface area (Å²) >= 11 is 0. The summed E-state index contributed by atoms with van der Waals surface area (Å²) < 4.78 is 1.43. The summed E-state index contributed by atoms with van der Waals surface area (Å²) in [4.78, 5) is 11.7. The molecule has 1 heterocycles. The maximum atomic E-state index is 11.7. The lowest BCUT2D eigenvalue weighted by molar-refractivity contribution is 0.638. The van der Waals surface area contributed by atoms with Crippen LogP contribution in [0.1, 0.15) is 11.1 Å². The highest BCUT2D eigenvalue weighted by molar-refractivity contribution is 5.43. The molecular weight excluding hydrogens is 200 g/mol. The monoisotopic (exact) mass is 212 g/mol. The van der Waals surface area contributed by atoms with Crippen molar-refractivity contribution < 1.29 is 0 Å². The van der Waals surface area contributed by atoms with Crippen LogP contribution in [0.2, 0.25) is 0 Å². The molecule has 0 bridgehead atoms. The van der Waals surface area contributed by atoms with Gasteiger partial charge in [0.25, 0.3) is 5.56 Å². The predicted molar refractivity (Wildman–Crippen MR) is 64.1 cm³/mol. The third kappa shape index (κ3) is 2.25. The maximum Gasteiger partial charge on any atom is 0.267 e. The minimum atomic E-state index is -0.110. The Balaban J connectivity index is 2.29. The van der Waals surface area contributed by atoms with E-state index in [1.807, 2.05) is 30.3 Å². The van der Waals surface area contributed by atoms with Gasteiger partial charge >= 0.3 is 0 Å². The van der Waals surface area contributed by atoms with Crippen molar-refractivity contribution in [3.63, 3.8) is 0 Å².